The van der Waals surface area contributed by atoms with Crippen molar-refractivity contribution in [2.45, 2.75) is 20.8 Å². The van der Waals surface area contributed by atoms with Crippen molar-refractivity contribution in [1.82, 2.24) is 14.8 Å². The molecule has 3 aromatic carbocycles. The first-order valence-electron chi connectivity index (χ1n) is 10.2. The minimum absolute atomic E-state index is 0.105. The molecule has 0 saturated heterocycles. The fourth-order valence-corrected chi connectivity index (χ4v) is 3.34. The van der Waals surface area contributed by atoms with Crippen LogP contribution in [0.5, 0.6) is 5.75 Å². The number of nitrogens with zero attached hydrogens (tertiary/aromatic N) is 3. The Labute approximate surface area is 181 Å². The number of rotatable bonds is 6. The second kappa shape index (κ2) is 8.83. The molecule has 1 aromatic heterocycles. The number of hydrogen-bond donors (Lipinski definition) is 1. The van der Waals surface area contributed by atoms with Gasteiger partial charge in [-0.1, -0.05) is 42.0 Å². The molecule has 31 heavy (non-hydrogen) atoms. The topological polar surface area (TPSA) is 69.0 Å². The Morgan fingerprint density at radius 2 is 1.77 bits per heavy atom. The zero-order valence-corrected chi connectivity index (χ0v) is 17.8. The van der Waals surface area contributed by atoms with Gasteiger partial charge in [0.15, 0.2) is 5.82 Å². The molecule has 1 N–H and O–H groups in total. The number of ether oxygens (including phenoxy) is 1. The van der Waals surface area contributed by atoms with Crippen molar-refractivity contribution in [2.24, 2.45) is 0 Å². The number of nitrogens with one attached hydrogen (secondary N) is 1. The van der Waals surface area contributed by atoms with Crippen molar-refractivity contribution in [3.63, 3.8) is 0 Å². The maximum atomic E-state index is 12.9. The summed E-state index contributed by atoms with van der Waals surface area (Å²) in [5, 5.41) is 7.42. The summed E-state index contributed by atoms with van der Waals surface area (Å²) in [4.78, 5) is 17.5. The third-order valence-corrected chi connectivity index (χ3v) is 4.85. The monoisotopic (exact) mass is 412 g/mol. The number of anilines is 1. The molecular formula is C25H24N4O2. The average Bonchev–Trinajstić information content (AvgIpc) is 3.21. The molecule has 156 valence electrons. The summed E-state index contributed by atoms with van der Waals surface area (Å²) in [6, 6.07) is 23.1. The lowest BCUT2D eigenvalue weighted by molar-refractivity contribution is 0.101. The minimum Gasteiger partial charge on any atom is -0.494 e. The first-order chi connectivity index (χ1) is 15.0. The van der Waals surface area contributed by atoms with Crippen LogP contribution >= 0.6 is 0 Å². The lowest BCUT2D eigenvalue weighted by Gasteiger charge is -2.09. The van der Waals surface area contributed by atoms with E-state index in [-0.39, 0.29) is 11.7 Å². The lowest BCUT2D eigenvalue weighted by atomic mass is 10.1. The molecule has 1 amide bonds. The Balaban J connectivity index is 1.70. The molecule has 0 fully saturated rings. The summed E-state index contributed by atoms with van der Waals surface area (Å²) >= 11 is 0. The van der Waals surface area contributed by atoms with Gasteiger partial charge in [0.1, 0.15) is 5.75 Å². The number of para-hydroxylation sites is 1. The fourth-order valence-electron chi connectivity index (χ4n) is 3.34. The van der Waals surface area contributed by atoms with E-state index in [9.17, 15) is 4.79 Å². The molecule has 0 aliphatic heterocycles. The quantitative estimate of drug-likeness (QED) is 0.472. The van der Waals surface area contributed by atoms with Crippen LogP contribution in [-0.2, 0) is 0 Å². The molecule has 0 saturated carbocycles. The van der Waals surface area contributed by atoms with Crippen molar-refractivity contribution in [2.75, 3.05) is 11.9 Å². The van der Waals surface area contributed by atoms with Crippen LogP contribution in [0, 0.1) is 13.8 Å². The Hall–Kier alpha value is -3.93. The Morgan fingerprint density at radius 1 is 1.00 bits per heavy atom. The second-order valence-corrected chi connectivity index (χ2v) is 7.24. The number of benzene rings is 3. The third kappa shape index (κ3) is 4.48. The molecule has 0 bridgehead atoms. The summed E-state index contributed by atoms with van der Waals surface area (Å²) in [6.07, 6.45) is 0. The van der Waals surface area contributed by atoms with Crippen LogP contribution in [-0.4, -0.2) is 27.3 Å². The number of aryl methyl sites for hydroxylation is 2. The van der Waals surface area contributed by atoms with E-state index < -0.39 is 0 Å². The summed E-state index contributed by atoms with van der Waals surface area (Å²) in [5.41, 5.74) is 4.58. The molecular weight excluding hydrogens is 388 g/mol. The van der Waals surface area contributed by atoms with Crippen LogP contribution in [0.3, 0.4) is 0 Å². The van der Waals surface area contributed by atoms with Crippen LogP contribution in [0.25, 0.3) is 17.1 Å². The van der Waals surface area contributed by atoms with Crippen LogP contribution in [0.2, 0.25) is 0 Å². The van der Waals surface area contributed by atoms with E-state index in [0.29, 0.717) is 18.1 Å². The number of carbonyl (C=O) groups excluding carboxylic acids is 1. The number of aromatic nitrogens is 3. The second-order valence-electron chi connectivity index (χ2n) is 7.24. The molecule has 6 nitrogen and oxygen atoms in total. The highest BCUT2D eigenvalue weighted by Crippen LogP contribution is 2.24. The zero-order valence-electron chi connectivity index (χ0n) is 17.8. The highest BCUT2D eigenvalue weighted by molar-refractivity contribution is 6.01. The van der Waals surface area contributed by atoms with Gasteiger partial charge in [-0.25, -0.2) is 9.67 Å². The summed E-state index contributed by atoms with van der Waals surface area (Å²) in [7, 11) is 0. The third-order valence-electron chi connectivity index (χ3n) is 4.85. The smallest absolute Gasteiger partial charge is 0.295 e. The molecule has 0 atom stereocenters. The standard InChI is InChI=1S/C25H24N4O2/c1-4-31-21-14-12-20(13-15-21)26-25(30)23-27-24(19-10-7-8-17(2)16-19)29(28-23)22-11-6-5-9-18(22)3/h5-16H,4H2,1-3H3,(H,26,30). The largest absolute Gasteiger partial charge is 0.494 e. The molecule has 0 unspecified atom stereocenters. The SMILES string of the molecule is CCOc1ccc(NC(=O)c2nc(-c3cccc(C)c3)n(-c3ccccc3C)n2)cc1. The molecule has 0 spiro atoms. The molecule has 0 aliphatic carbocycles. The van der Waals surface area contributed by atoms with Gasteiger partial charge in [-0.2, -0.15) is 0 Å². The predicted octanol–water partition coefficient (Wildman–Crippen LogP) is 5.20. The molecule has 6 heteroatoms. The number of carbonyl (C=O) groups is 1. The highest BCUT2D eigenvalue weighted by atomic mass is 16.5. The first-order valence-corrected chi connectivity index (χ1v) is 10.2. The number of hydrogen-bond acceptors (Lipinski definition) is 4. The maximum Gasteiger partial charge on any atom is 0.295 e. The van der Waals surface area contributed by atoms with E-state index in [0.717, 1.165) is 28.1 Å². The van der Waals surface area contributed by atoms with Crippen LogP contribution < -0.4 is 10.1 Å². The van der Waals surface area contributed by atoms with Gasteiger partial charge in [0.05, 0.1) is 12.3 Å². The summed E-state index contributed by atoms with van der Waals surface area (Å²) in [6.45, 7) is 6.56. The van der Waals surface area contributed by atoms with Crippen molar-refractivity contribution < 1.29 is 9.53 Å². The van der Waals surface area contributed by atoms with Gasteiger partial charge in [-0.15, -0.1) is 5.10 Å². The van der Waals surface area contributed by atoms with Crippen molar-refractivity contribution in [3.05, 3.63) is 89.7 Å². The molecule has 4 aromatic rings. The van der Waals surface area contributed by atoms with E-state index in [1.165, 1.54) is 0 Å². The van der Waals surface area contributed by atoms with Gasteiger partial charge in [0.25, 0.3) is 5.91 Å². The summed E-state index contributed by atoms with van der Waals surface area (Å²) < 4.78 is 7.18. The van der Waals surface area contributed by atoms with Crippen LogP contribution in [0.15, 0.2) is 72.8 Å². The van der Waals surface area contributed by atoms with E-state index in [2.05, 4.69) is 15.4 Å². The van der Waals surface area contributed by atoms with Crippen LogP contribution in [0.4, 0.5) is 5.69 Å². The predicted molar refractivity (Wildman–Crippen MR) is 122 cm³/mol. The minimum atomic E-state index is -0.370. The Bertz CT molecular complexity index is 1210. The lowest BCUT2D eigenvalue weighted by Crippen LogP contribution is -2.14. The normalized spacial score (nSPS) is 10.7. The van der Waals surface area contributed by atoms with Gasteiger partial charge in [0.2, 0.25) is 5.82 Å². The molecule has 1 heterocycles. The van der Waals surface area contributed by atoms with Gasteiger partial charge in [-0.3, -0.25) is 4.79 Å². The Morgan fingerprint density at radius 3 is 2.48 bits per heavy atom. The van der Waals surface area contributed by atoms with Crippen molar-refractivity contribution in [3.8, 4) is 22.8 Å². The van der Waals surface area contributed by atoms with Crippen molar-refractivity contribution >= 4 is 11.6 Å². The average molecular weight is 412 g/mol. The van der Waals surface area contributed by atoms with Gasteiger partial charge < -0.3 is 10.1 Å². The first kappa shape index (κ1) is 20.3. The zero-order chi connectivity index (χ0) is 21.8. The fraction of sp³-hybridized carbons (Fsp3) is 0.160. The maximum absolute atomic E-state index is 12.9. The van der Waals surface area contributed by atoms with Gasteiger partial charge in [-0.05, 0) is 62.7 Å². The van der Waals surface area contributed by atoms with Gasteiger partial charge >= 0.3 is 0 Å². The molecule has 0 aliphatic rings. The van der Waals surface area contributed by atoms with Crippen LogP contribution in [0.1, 0.15) is 28.7 Å². The highest BCUT2D eigenvalue weighted by Gasteiger charge is 2.20. The van der Waals surface area contributed by atoms with Gasteiger partial charge in [0, 0.05) is 11.3 Å². The van der Waals surface area contributed by atoms with E-state index in [1.807, 2.05) is 81.4 Å². The summed E-state index contributed by atoms with van der Waals surface area (Å²) in [5.74, 6) is 1.11. The van der Waals surface area contributed by atoms with E-state index in [4.69, 9.17) is 4.74 Å². The van der Waals surface area contributed by atoms with E-state index >= 15 is 0 Å². The van der Waals surface area contributed by atoms with E-state index in [1.54, 1.807) is 16.8 Å². The number of amides is 1. The molecule has 4 rings (SSSR count). The molecule has 0 radical (unpaired) electrons. The Kier molecular flexibility index (Phi) is 5.80. The van der Waals surface area contributed by atoms with Crippen molar-refractivity contribution in [1.29, 1.82) is 0 Å².